The van der Waals surface area contributed by atoms with E-state index in [9.17, 15) is 4.79 Å². The summed E-state index contributed by atoms with van der Waals surface area (Å²) in [6.07, 6.45) is 2.28. The molecule has 0 aliphatic carbocycles. The number of morpholine rings is 1. The van der Waals surface area contributed by atoms with Crippen LogP contribution in [0.5, 0.6) is 0 Å². The lowest BCUT2D eigenvalue weighted by molar-refractivity contribution is -0.122. The highest BCUT2D eigenvalue weighted by Crippen LogP contribution is 2.07. The largest absolute Gasteiger partial charge is 0.374 e. The van der Waals surface area contributed by atoms with Crippen molar-refractivity contribution in [2.24, 2.45) is 0 Å². The minimum atomic E-state index is 0.101. The van der Waals surface area contributed by atoms with E-state index in [4.69, 9.17) is 4.74 Å². The van der Waals surface area contributed by atoms with Crippen LogP contribution in [0.2, 0.25) is 0 Å². The van der Waals surface area contributed by atoms with E-state index in [1.54, 1.807) is 6.20 Å². The Labute approximate surface area is 131 Å². The Kier molecular flexibility index (Phi) is 6.54. The quantitative estimate of drug-likeness (QED) is 0.764. The Hall–Kier alpha value is -1.73. The second kappa shape index (κ2) is 8.65. The van der Waals surface area contributed by atoms with Gasteiger partial charge >= 0.3 is 0 Å². The zero-order valence-corrected chi connectivity index (χ0v) is 13.3. The fourth-order valence-electron chi connectivity index (χ4n) is 2.38. The number of hydrogen-bond acceptors (Lipinski definition) is 6. The number of anilines is 1. The van der Waals surface area contributed by atoms with Gasteiger partial charge in [-0.25, -0.2) is 0 Å². The number of rotatable bonds is 7. The molecular weight excluding hydrogens is 282 g/mol. The lowest BCUT2D eigenvalue weighted by Crippen LogP contribution is -2.46. The van der Waals surface area contributed by atoms with E-state index in [1.165, 1.54) is 0 Å². The predicted octanol–water partition coefficient (Wildman–Crippen LogP) is 0.504. The van der Waals surface area contributed by atoms with Crippen molar-refractivity contribution in [2.75, 3.05) is 38.1 Å². The number of ether oxygens (including phenoxy) is 1. The van der Waals surface area contributed by atoms with Crippen LogP contribution in [-0.4, -0.2) is 65.9 Å². The average molecular weight is 307 g/mol. The molecule has 1 amide bonds. The van der Waals surface area contributed by atoms with Crippen molar-refractivity contribution >= 4 is 11.7 Å². The van der Waals surface area contributed by atoms with Crippen molar-refractivity contribution in [2.45, 2.75) is 32.4 Å². The maximum atomic E-state index is 11.7. The molecule has 0 radical (unpaired) electrons. The van der Waals surface area contributed by atoms with E-state index in [-0.39, 0.29) is 18.1 Å². The van der Waals surface area contributed by atoms with Gasteiger partial charge in [-0.2, -0.15) is 5.10 Å². The van der Waals surface area contributed by atoms with Gasteiger partial charge in [-0.05, 0) is 26.0 Å². The third kappa shape index (κ3) is 5.95. The van der Waals surface area contributed by atoms with Gasteiger partial charge in [0, 0.05) is 44.8 Å². The molecule has 0 bridgehead atoms. The smallest absolute Gasteiger partial charge is 0.221 e. The number of nitrogens with one attached hydrogen (secondary N) is 2. The molecule has 1 atom stereocenters. The van der Waals surface area contributed by atoms with Crippen molar-refractivity contribution in [3.63, 3.8) is 0 Å². The lowest BCUT2D eigenvalue weighted by Gasteiger charge is -2.33. The number of aromatic nitrogens is 2. The van der Waals surface area contributed by atoms with E-state index in [0.29, 0.717) is 19.6 Å². The van der Waals surface area contributed by atoms with Crippen LogP contribution >= 0.6 is 0 Å². The molecule has 1 aliphatic heterocycles. The van der Waals surface area contributed by atoms with E-state index in [0.717, 1.165) is 25.5 Å². The van der Waals surface area contributed by atoms with E-state index in [1.807, 2.05) is 26.0 Å². The molecule has 2 heterocycles. The van der Waals surface area contributed by atoms with Crippen molar-refractivity contribution in [3.8, 4) is 0 Å². The lowest BCUT2D eigenvalue weighted by atomic mass is 10.2. The second-order valence-corrected chi connectivity index (χ2v) is 5.76. The molecule has 22 heavy (non-hydrogen) atoms. The molecule has 1 aliphatic rings. The van der Waals surface area contributed by atoms with Gasteiger partial charge in [-0.15, -0.1) is 5.10 Å². The Morgan fingerprint density at radius 3 is 3.14 bits per heavy atom. The maximum Gasteiger partial charge on any atom is 0.221 e. The molecule has 0 saturated carbocycles. The summed E-state index contributed by atoms with van der Waals surface area (Å²) in [6, 6.07) is 3.92. The van der Waals surface area contributed by atoms with Crippen LogP contribution in [0.1, 0.15) is 20.3 Å². The van der Waals surface area contributed by atoms with E-state index in [2.05, 4.69) is 25.7 Å². The Morgan fingerprint density at radius 2 is 2.41 bits per heavy atom. The first kappa shape index (κ1) is 16.6. The molecule has 7 heteroatoms. The third-order valence-electron chi connectivity index (χ3n) is 3.41. The van der Waals surface area contributed by atoms with E-state index < -0.39 is 0 Å². The van der Waals surface area contributed by atoms with Crippen LogP contribution in [0.15, 0.2) is 18.3 Å². The number of carbonyl (C=O) groups excluding carboxylic acids is 1. The van der Waals surface area contributed by atoms with Crippen LogP contribution < -0.4 is 10.6 Å². The topological polar surface area (TPSA) is 79.4 Å². The third-order valence-corrected chi connectivity index (χ3v) is 3.41. The minimum absolute atomic E-state index is 0.101. The molecule has 1 unspecified atom stereocenters. The molecular formula is C15H25N5O2. The molecule has 7 nitrogen and oxygen atoms in total. The summed E-state index contributed by atoms with van der Waals surface area (Å²) in [6.45, 7) is 7.79. The van der Waals surface area contributed by atoms with Crippen molar-refractivity contribution in [3.05, 3.63) is 18.3 Å². The van der Waals surface area contributed by atoms with Gasteiger partial charge in [0.15, 0.2) is 0 Å². The summed E-state index contributed by atoms with van der Waals surface area (Å²) in [5, 5.41) is 14.0. The van der Waals surface area contributed by atoms with Gasteiger partial charge in [0.05, 0.1) is 12.7 Å². The van der Waals surface area contributed by atoms with Gasteiger partial charge in [0.2, 0.25) is 5.91 Å². The average Bonchev–Trinajstić information content (AvgIpc) is 2.52. The van der Waals surface area contributed by atoms with Crippen molar-refractivity contribution < 1.29 is 9.53 Å². The van der Waals surface area contributed by atoms with Crippen LogP contribution in [0.25, 0.3) is 0 Å². The predicted molar refractivity (Wildman–Crippen MR) is 84.6 cm³/mol. The summed E-state index contributed by atoms with van der Waals surface area (Å²) in [5.41, 5.74) is 0. The van der Waals surface area contributed by atoms with Crippen LogP contribution in [0.4, 0.5) is 5.82 Å². The molecule has 0 spiro atoms. The Bertz CT molecular complexity index is 455. The highest BCUT2D eigenvalue weighted by atomic mass is 16.5. The maximum absolute atomic E-state index is 11.7. The number of amides is 1. The summed E-state index contributed by atoms with van der Waals surface area (Å²) in [5.74, 6) is 0.857. The first-order valence-corrected chi connectivity index (χ1v) is 7.78. The summed E-state index contributed by atoms with van der Waals surface area (Å²) in [7, 11) is 0. The van der Waals surface area contributed by atoms with Gasteiger partial charge in [0.25, 0.3) is 0 Å². The summed E-state index contributed by atoms with van der Waals surface area (Å²) < 4.78 is 5.75. The highest BCUT2D eigenvalue weighted by molar-refractivity contribution is 5.76. The summed E-state index contributed by atoms with van der Waals surface area (Å²) in [4.78, 5) is 14.0. The normalized spacial score (nSPS) is 19.1. The van der Waals surface area contributed by atoms with Crippen LogP contribution in [0, 0.1) is 0 Å². The molecule has 2 N–H and O–H groups in total. The number of nitrogens with zero attached hydrogens (tertiary/aromatic N) is 3. The number of carbonyl (C=O) groups is 1. The number of hydrogen-bond donors (Lipinski definition) is 2. The van der Waals surface area contributed by atoms with Gasteiger partial charge < -0.3 is 15.4 Å². The van der Waals surface area contributed by atoms with Crippen LogP contribution in [0.3, 0.4) is 0 Å². The molecule has 1 saturated heterocycles. The second-order valence-electron chi connectivity index (χ2n) is 5.76. The van der Waals surface area contributed by atoms with Gasteiger partial charge in [-0.1, -0.05) is 0 Å². The molecule has 2 rings (SSSR count). The summed E-state index contributed by atoms with van der Waals surface area (Å²) >= 11 is 0. The SMILES string of the molecule is CC(C)NC(=O)CCN1CCOC(CNc2cccnn2)C1. The highest BCUT2D eigenvalue weighted by Gasteiger charge is 2.20. The van der Waals surface area contributed by atoms with Crippen molar-refractivity contribution in [1.82, 2.24) is 20.4 Å². The monoisotopic (exact) mass is 307 g/mol. The first-order valence-electron chi connectivity index (χ1n) is 7.78. The molecule has 1 aromatic rings. The minimum Gasteiger partial charge on any atom is -0.374 e. The van der Waals surface area contributed by atoms with Gasteiger partial charge in [0.1, 0.15) is 5.82 Å². The molecule has 1 fully saturated rings. The molecule has 122 valence electrons. The van der Waals surface area contributed by atoms with Crippen LogP contribution in [-0.2, 0) is 9.53 Å². The Balaban J connectivity index is 1.69. The zero-order chi connectivity index (χ0) is 15.8. The zero-order valence-electron chi connectivity index (χ0n) is 13.3. The molecule has 0 aromatic carbocycles. The fourth-order valence-corrected chi connectivity index (χ4v) is 2.38. The van der Waals surface area contributed by atoms with Gasteiger partial charge in [-0.3, -0.25) is 9.69 Å². The standard InChI is InChI=1S/C15H25N5O2/c1-12(2)18-15(21)5-7-20-8-9-22-13(11-20)10-16-14-4-3-6-17-19-14/h3-4,6,12-13H,5,7-11H2,1-2H3,(H,16,19)(H,18,21). The fraction of sp³-hybridized carbons (Fsp3) is 0.667. The van der Waals surface area contributed by atoms with E-state index >= 15 is 0 Å². The molecule has 1 aromatic heterocycles. The first-order chi connectivity index (χ1) is 10.6. The Morgan fingerprint density at radius 1 is 1.55 bits per heavy atom. The van der Waals surface area contributed by atoms with Crippen molar-refractivity contribution in [1.29, 1.82) is 0 Å².